The summed E-state index contributed by atoms with van der Waals surface area (Å²) in [6, 6.07) is 0. The Bertz CT molecular complexity index is 269. The highest BCUT2D eigenvalue weighted by Crippen LogP contribution is 2.50. The Morgan fingerprint density at radius 3 is 2.31 bits per heavy atom. The van der Waals surface area contributed by atoms with Gasteiger partial charge in [-0.15, -0.1) is 0 Å². The van der Waals surface area contributed by atoms with Crippen LogP contribution < -0.4 is 0 Å². The maximum absolute atomic E-state index is 2.67. The summed E-state index contributed by atoms with van der Waals surface area (Å²) in [7, 11) is 0. The van der Waals surface area contributed by atoms with E-state index in [4.69, 9.17) is 0 Å². The summed E-state index contributed by atoms with van der Waals surface area (Å²) in [6.45, 7) is 3.42. The van der Waals surface area contributed by atoms with E-state index in [0.717, 1.165) is 24.3 Å². The van der Waals surface area contributed by atoms with Gasteiger partial charge in [0.1, 0.15) is 0 Å². The monoisotopic (exact) mass is 216 g/mol. The van der Waals surface area contributed by atoms with Crippen molar-refractivity contribution < 1.29 is 0 Å². The molecule has 0 aromatic heterocycles. The largest absolute Gasteiger partial charge is 0.155 e. The van der Waals surface area contributed by atoms with Crippen LogP contribution in [0.15, 0.2) is 11.6 Å². The van der Waals surface area contributed by atoms with Crippen LogP contribution in [0.2, 0.25) is 18.0 Å². The lowest BCUT2D eigenvalue weighted by atomic mass is 9.32. The fraction of sp³-hybridized carbons (Fsp3) is 0.867. The van der Waals surface area contributed by atoms with Gasteiger partial charge in [-0.3, -0.25) is 0 Å². The highest BCUT2D eigenvalue weighted by atomic mass is 14.3. The molecule has 2 aliphatic carbocycles. The summed E-state index contributed by atoms with van der Waals surface area (Å²) in [5, 5.41) is 0. The van der Waals surface area contributed by atoms with Crippen LogP contribution in [-0.2, 0) is 0 Å². The second kappa shape index (κ2) is 4.59. The molecule has 1 atom stereocenters. The van der Waals surface area contributed by atoms with Crippen molar-refractivity contribution in [3.8, 4) is 0 Å². The molecule has 1 heteroatoms. The molecule has 0 amide bonds. The molecular formula is C15H25B. The lowest BCUT2D eigenvalue weighted by Gasteiger charge is -2.27. The Balaban J connectivity index is 1.72. The molecule has 0 spiro atoms. The fourth-order valence-electron chi connectivity index (χ4n) is 4.72. The van der Waals surface area contributed by atoms with Crippen molar-refractivity contribution >= 4 is 6.71 Å². The SMILES string of the molecule is CC1=CC(C2CCCC2)B(C2CCCC2)C1. The fourth-order valence-corrected chi connectivity index (χ4v) is 4.72. The van der Waals surface area contributed by atoms with Crippen molar-refractivity contribution in [1.29, 1.82) is 0 Å². The van der Waals surface area contributed by atoms with Crippen LogP contribution in [0.5, 0.6) is 0 Å². The third-order valence-corrected chi connectivity index (χ3v) is 5.48. The van der Waals surface area contributed by atoms with Crippen LogP contribution in [0.1, 0.15) is 58.3 Å². The normalized spacial score (nSPS) is 32.7. The first-order valence-electron chi connectivity index (χ1n) is 7.52. The number of allylic oxidation sites excluding steroid dienone is 2. The number of hydrogen-bond acceptors (Lipinski definition) is 0. The molecule has 16 heavy (non-hydrogen) atoms. The van der Waals surface area contributed by atoms with Crippen molar-refractivity contribution in [3.05, 3.63) is 11.6 Å². The topological polar surface area (TPSA) is 0 Å². The summed E-state index contributed by atoms with van der Waals surface area (Å²) < 4.78 is 0. The van der Waals surface area contributed by atoms with Crippen LogP contribution >= 0.6 is 0 Å². The average Bonchev–Trinajstić information content (AvgIpc) is 2.98. The van der Waals surface area contributed by atoms with E-state index in [2.05, 4.69) is 13.0 Å². The standard InChI is InChI=1S/C15H25B/c1-12-10-15(13-6-2-3-7-13)16(11-12)14-8-4-5-9-14/h10,13-15H,2-9,11H2,1H3. The maximum atomic E-state index is 2.67. The molecule has 0 nitrogen and oxygen atoms in total. The van der Waals surface area contributed by atoms with Crippen molar-refractivity contribution in [2.45, 2.75) is 76.2 Å². The molecule has 0 bridgehead atoms. The van der Waals surface area contributed by atoms with Crippen LogP contribution in [0.25, 0.3) is 0 Å². The minimum absolute atomic E-state index is 0.977. The smallest absolute Gasteiger partial charge is 0.0901 e. The van der Waals surface area contributed by atoms with Gasteiger partial charge in [-0.2, -0.15) is 0 Å². The lowest BCUT2D eigenvalue weighted by molar-refractivity contribution is 0.546. The first-order valence-corrected chi connectivity index (χ1v) is 7.52. The zero-order chi connectivity index (χ0) is 11.0. The van der Waals surface area contributed by atoms with Crippen LogP contribution in [0, 0.1) is 5.92 Å². The van der Waals surface area contributed by atoms with E-state index < -0.39 is 0 Å². The molecule has 3 rings (SSSR count). The van der Waals surface area contributed by atoms with Gasteiger partial charge in [0.2, 0.25) is 0 Å². The Morgan fingerprint density at radius 1 is 1.00 bits per heavy atom. The second-order valence-corrected chi connectivity index (χ2v) is 6.55. The Kier molecular flexibility index (Phi) is 3.13. The van der Waals surface area contributed by atoms with Gasteiger partial charge in [0.15, 0.2) is 6.71 Å². The third-order valence-electron chi connectivity index (χ3n) is 5.48. The van der Waals surface area contributed by atoms with Gasteiger partial charge >= 0.3 is 0 Å². The van der Waals surface area contributed by atoms with E-state index in [-0.39, 0.29) is 0 Å². The summed E-state index contributed by atoms with van der Waals surface area (Å²) in [4.78, 5) is 0. The zero-order valence-corrected chi connectivity index (χ0v) is 10.8. The highest BCUT2D eigenvalue weighted by Gasteiger charge is 2.41. The molecule has 0 radical (unpaired) electrons. The summed E-state index contributed by atoms with van der Waals surface area (Å²) in [5.41, 5.74) is 1.70. The van der Waals surface area contributed by atoms with E-state index in [1.807, 2.05) is 0 Å². The van der Waals surface area contributed by atoms with Crippen molar-refractivity contribution in [1.82, 2.24) is 0 Å². The van der Waals surface area contributed by atoms with E-state index in [9.17, 15) is 0 Å². The molecule has 1 unspecified atom stereocenters. The summed E-state index contributed by atoms with van der Waals surface area (Å²) in [6.07, 6.45) is 16.3. The first-order chi connectivity index (χ1) is 7.84. The van der Waals surface area contributed by atoms with Gasteiger partial charge in [0.25, 0.3) is 0 Å². The third kappa shape index (κ3) is 1.98. The average molecular weight is 216 g/mol. The van der Waals surface area contributed by atoms with E-state index in [0.29, 0.717) is 0 Å². The Labute approximate surface area is 101 Å². The van der Waals surface area contributed by atoms with Crippen LogP contribution in [0.3, 0.4) is 0 Å². The molecule has 88 valence electrons. The van der Waals surface area contributed by atoms with Crippen LogP contribution in [0.4, 0.5) is 0 Å². The van der Waals surface area contributed by atoms with Crippen molar-refractivity contribution in [2.75, 3.05) is 0 Å². The molecule has 0 N–H and O–H groups in total. The number of rotatable bonds is 2. The highest BCUT2D eigenvalue weighted by molar-refractivity contribution is 6.64. The molecule has 2 fully saturated rings. The minimum atomic E-state index is 0.977. The van der Waals surface area contributed by atoms with Gasteiger partial charge in [0.05, 0.1) is 0 Å². The van der Waals surface area contributed by atoms with E-state index in [1.54, 1.807) is 5.57 Å². The quantitative estimate of drug-likeness (QED) is 0.452. The zero-order valence-electron chi connectivity index (χ0n) is 10.8. The molecule has 2 saturated carbocycles. The van der Waals surface area contributed by atoms with Gasteiger partial charge in [-0.25, -0.2) is 0 Å². The predicted molar refractivity (Wildman–Crippen MR) is 72.2 cm³/mol. The molecule has 0 aromatic rings. The van der Waals surface area contributed by atoms with Gasteiger partial charge < -0.3 is 0 Å². The minimum Gasteiger partial charge on any atom is -0.0901 e. The van der Waals surface area contributed by atoms with E-state index >= 15 is 0 Å². The van der Waals surface area contributed by atoms with Crippen LogP contribution in [-0.4, -0.2) is 6.71 Å². The molecule has 3 aliphatic rings. The van der Waals surface area contributed by atoms with Crippen molar-refractivity contribution in [2.24, 2.45) is 5.92 Å². The Hall–Kier alpha value is -0.195. The molecule has 0 aromatic carbocycles. The van der Waals surface area contributed by atoms with E-state index in [1.165, 1.54) is 57.7 Å². The maximum Gasteiger partial charge on any atom is 0.155 e. The van der Waals surface area contributed by atoms with Gasteiger partial charge in [-0.1, -0.05) is 75.2 Å². The van der Waals surface area contributed by atoms with Crippen molar-refractivity contribution in [3.63, 3.8) is 0 Å². The molecule has 0 saturated heterocycles. The lowest BCUT2D eigenvalue weighted by Crippen LogP contribution is -2.25. The molecule has 1 aliphatic heterocycles. The summed E-state index contributed by atoms with van der Waals surface area (Å²) in [5.74, 6) is 3.12. The molecule has 1 heterocycles. The number of hydrogen-bond donors (Lipinski definition) is 0. The molecular weight excluding hydrogens is 191 g/mol. The first kappa shape index (κ1) is 10.9. The van der Waals surface area contributed by atoms with Gasteiger partial charge in [-0.05, 0) is 18.7 Å². The Morgan fingerprint density at radius 2 is 1.62 bits per heavy atom. The second-order valence-electron chi connectivity index (χ2n) is 6.55. The predicted octanol–water partition coefficient (Wildman–Crippen LogP) is 4.95. The summed E-state index contributed by atoms with van der Waals surface area (Å²) >= 11 is 0. The van der Waals surface area contributed by atoms with Gasteiger partial charge in [0, 0.05) is 0 Å².